The van der Waals surface area contributed by atoms with E-state index in [2.05, 4.69) is 76.5 Å². The van der Waals surface area contributed by atoms with Crippen LogP contribution < -0.4 is 4.74 Å². The summed E-state index contributed by atoms with van der Waals surface area (Å²) < 4.78 is 7.20. The molecule has 1 nitrogen and oxygen atoms in total. The Morgan fingerprint density at radius 1 is 0.952 bits per heavy atom. The fourth-order valence-electron chi connectivity index (χ4n) is 2.26. The van der Waals surface area contributed by atoms with Crippen LogP contribution in [-0.2, 0) is 10.8 Å². The summed E-state index contributed by atoms with van der Waals surface area (Å²) in [6.07, 6.45) is 3.57. The maximum absolute atomic E-state index is 6.12. The molecule has 0 amide bonds. The van der Waals surface area contributed by atoms with Crippen LogP contribution in [0.15, 0.2) is 16.6 Å². The summed E-state index contributed by atoms with van der Waals surface area (Å²) in [5.74, 6) is 1.02. The summed E-state index contributed by atoms with van der Waals surface area (Å²) in [4.78, 5) is 0. The lowest BCUT2D eigenvalue weighted by Gasteiger charge is -2.28. The minimum Gasteiger partial charge on any atom is -0.492 e. The van der Waals surface area contributed by atoms with Gasteiger partial charge in [-0.2, -0.15) is 0 Å². The Bertz CT molecular complexity index is 464. The average Bonchev–Trinajstić information content (AvgIpc) is 2.33. The molecule has 0 bridgehead atoms. The Kier molecular flexibility index (Phi) is 6.34. The quantitative estimate of drug-likeness (QED) is 0.540. The molecule has 21 heavy (non-hydrogen) atoms. The summed E-state index contributed by atoms with van der Waals surface area (Å²) in [6, 6.07) is 4.53. The molecule has 1 aromatic carbocycles. The molecule has 0 spiro atoms. The van der Waals surface area contributed by atoms with E-state index in [-0.39, 0.29) is 10.8 Å². The van der Waals surface area contributed by atoms with Crippen LogP contribution in [-0.4, -0.2) is 6.61 Å². The van der Waals surface area contributed by atoms with Crippen molar-refractivity contribution < 1.29 is 4.74 Å². The van der Waals surface area contributed by atoms with E-state index in [1.807, 2.05) is 0 Å². The molecule has 0 saturated carbocycles. The van der Waals surface area contributed by atoms with E-state index in [4.69, 9.17) is 4.74 Å². The maximum atomic E-state index is 6.12. The summed E-state index contributed by atoms with van der Waals surface area (Å²) in [5.41, 5.74) is 2.85. The van der Waals surface area contributed by atoms with Crippen molar-refractivity contribution in [2.75, 3.05) is 6.61 Å². The van der Waals surface area contributed by atoms with Gasteiger partial charge in [0.2, 0.25) is 0 Å². The fraction of sp³-hybridized carbons (Fsp3) is 0.684. The first-order valence-corrected chi connectivity index (χ1v) is 8.84. The van der Waals surface area contributed by atoms with Gasteiger partial charge in [0, 0.05) is 5.56 Å². The topological polar surface area (TPSA) is 9.23 Å². The first-order chi connectivity index (χ1) is 9.57. The molecule has 0 aliphatic heterocycles. The molecule has 0 aliphatic rings. The number of halogens is 1. The molecule has 0 atom stereocenters. The normalized spacial score (nSPS) is 12.6. The summed E-state index contributed by atoms with van der Waals surface area (Å²) in [7, 11) is 0. The van der Waals surface area contributed by atoms with Gasteiger partial charge in [0.1, 0.15) is 5.75 Å². The van der Waals surface area contributed by atoms with Gasteiger partial charge < -0.3 is 4.74 Å². The number of unbranched alkanes of at least 4 members (excludes halogenated alkanes) is 2. The van der Waals surface area contributed by atoms with Crippen LogP contribution in [0, 0.1) is 0 Å². The lowest BCUT2D eigenvalue weighted by atomic mass is 9.80. The van der Waals surface area contributed by atoms with E-state index in [0.717, 1.165) is 23.2 Å². The van der Waals surface area contributed by atoms with Crippen molar-refractivity contribution in [3.8, 4) is 5.75 Å². The van der Waals surface area contributed by atoms with Crippen LogP contribution >= 0.6 is 15.9 Å². The lowest BCUT2D eigenvalue weighted by molar-refractivity contribution is 0.296. The molecule has 0 fully saturated rings. The van der Waals surface area contributed by atoms with E-state index in [1.54, 1.807) is 0 Å². The zero-order valence-corrected chi connectivity index (χ0v) is 16.4. The Balaban J connectivity index is 3.17. The molecular weight excluding hydrogens is 324 g/mol. The van der Waals surface area contributed by atoms with Crippen LogP contribution in [0.1, 0.15) is 78.9 Å². The first kappa shape index (κ1) is 18.5. The van der Waals surface area contributed by atoms with Crippen molar-refractivity contribution in [1.82, 2.24) is 0 Å². The van der Waals surface area contributed by atoms with Crippen LogP contribution in [0.2, 0.25) is 0 Å². The fourth-order valence-corrected chi connectivity index (χ4v) is 2.83. The van der Waals surface area contributed by atoms with Crippen molar-refractivity contribution in [2.45, 2.75) is 78.6 Å². The predicted molar refractivity (Wildman–Crippen MR) is 96.6 cm³/mol. The van der Waals surface area contributed by atoms with Gasteiger partial charge in [0.05, 0.1) is 11.1 Å². The summed E-state index contributed by atoms with van der Waals surface area (Å²) >= 11 is 3.73. The highest BCUT2D eigenvalue weighted by Gasteiger charge is 2.25. The minimum absolute atomic E-state index is 0.0733. The Labute approximate surface area is 139 Å². The number of rotatable bonds is 5. The average molecular weight is 355 g/mol. The smallest absolute Gasteiger partial charge is 0.137 e. The largest absolute Gasteiger partial charge is 0.492 e. The van der Waals surface area contributed by atoms with Crippen molar-refractivity contribution in [1.29, 1.82) is 0 Å². The standard InChI is InChI=1S/C19H31BrO/c1-8-9-10-11-21-17-15(19(5,6)7)12-14(13-16(17)20)18(2,3)4/h12-13H,8-11H2,1-7H3. The van der Waals surface area contributed by atoms with Gasteiger partial charge in [-0.3, -0.25) is 0 Å². The number of hydrogen-bond acceptors (Lipinski definition) is 1. The molecular formula is C19H31BrO. The van der Waals surface area contributed by atoms with E-state index >= 15 is 0 Å². The minimum atomic E-state index is 0.0733. The Morgan fingerprint density at radius 2 is 1.57 bits per heavy atom. The third-order valence-electron chi connectivity index (χ3n) is 3.71. The van der Waals surface area contributed by atoms with Crippen molar-refractivity contribution in [2.24, 2.45) is 0 Å². The van der Waals surface area contributed by atoms with Gasteiger partial charge in [0.15, 0.2) is 0 Å². The zero-order chi connectivity index (χ0) is 16.3. The van der Waals surface area contributed by atoms with Gasteiger partial charge in [0.25, 0.3) is 0 Å². The van der Waals surface area contributed by atoms with Gasteiger partial charge >= 0.3 is 0 Å². The molecule has 2 heteroatoms. The van der Waals surface area contributed by atoms with E-state index < -0.39 is 0 Å². The predicted octanol–water partition coefficient (Wildman–Crippen LogP) is 6.61. The number of hydrogen-bond donors (Lipinski definition) is 0. The Morgan fingerprint density at radius 3 is 2.05 bits per heavy atom. The van der Waals surface area contributed by atoms with Gasteiger partial charge in [-0.1, -0.05) is 67.4 Å². The highest BCUT2D eigenvalue weighted by Crippen LogP contribution is 2.40. The highest BCUT2D eigenvalue weighted by molar-refractivity contribution is 9.10. The second-order valence-corrected chi connectivity index (χ2v) is 8.74. The summed E-state index contributed by atoms with van der Waals surface area (Å²) in [6.45, 7) is 16.5. The lowest BCUT2D eigenvalue weighted by Crippen LogP contribution is -2.18. The molecule has 0 aliphatic carbocycles. The zero-order valence-electron chi connectivity index (χ0n) is 14.8. The maximum Gasteiger partial charge on any atom is 0.137 e. The monoisotopic (exact) mass is 354 g/mol. The van der Waals surface area contributed by atoms with Crippen LogP contribution in [0.25, 0.3) is 0 Å². The Hall–Kier alpha value is -0.500. The number of benzene rings is 1. The third-order valence-corrected chi connectivity index (χ3v) is 4.30. The summed E-state index contributed by atoms with van der Waals surface area (Å²) in [5, 5.41) is 0. The third kappa shape index (κ3) is 5.32. The molecule has 0 radical (unpaired) electrons. The van der Waals surface area contributed by atoms with E-state index in [9.17, 15) is 0 Å². The molecule has 0 N–H and O–H groups in total. The van der Waals surface area contributed by atoms with E-state index in [1.165, 1.54) is 24.0 Å². The van der Waals surface area contributed by atoms with Crippen LogP contribution in [0.3, 0.4) is 0 Å². The number of ether oxygens (including phenoxy) is 1. The van der Waals surface area contributed by atoms with Crippen LogP contribution in [0.4, 0.5) is 0 Å². The van der Waals surface area contributed by atoms with Crippen molar-refractivity contribution >= 4 is 15.9 Å². The molecule has 1 aromatic rings. The van der Waals surface area contributed by atoms with Gasteiger partial charge in [-0.25, -0.2) is 0 Å². The first-order valence-electron chi connectivity index (χ1n) is 8.04. The molecule has 0 unspecified atom stereocenters. The molecule has 0 saturated heterocycles. The molecule has 0 aromatic heterocycles. The molecule has 0 heterocycles. The SMILES string of the molecule is CCCCCOc1c(Br)cc(C(C)(C)C)cc1C(C)(C)C. The second kappa shape index (κ2) is 7.17. The van der Waals surface area contributed by atoms with Gasteiger partial charge in [-0.15, -0.1) is 0 Å². The van der Waals surface area contributed by atoms with Crippen molar-refractivity contribution in [3.05, 3.63) is 27.7 Å². The molecule has 1 rings (SSSR count). The second-order valence-electron chi connectivity index (χ2n) is 7.89. The van der Waals surface area contributed by atoms with Crippen molar-refractivity contribution in [3.63, 3.8) is 0 Å². The molecule has 120 valence electrons. The van der Waals surface area contributed by atoms with E-state index in [0.29, 0.717) is 0 Å². The highest BCUT2D eigenvalue weighted by atomic mass is 79.9. The van der Waals surface area contributed by atoms with Crippen LogP contribution in [0.5, 0.6) is 5.75 Å². The van der Waals surface area contributed by atoms with Gasteiger partial charge in [-0.05, 0) is 44.8 Å².